The van der Waals surface area contributed by atoms with Gasteiger partial charge in [-0.25, -0.2) is 4.39 Å². The number of rotatable bonds is 2. The van der Waals surface area contributed by atoms with Crippen molar-refractivity contribution in [3.05, 3.63) is 34.1 Å². The molecule has 0 saturated heterocycles. The van der Waals surface area contributed by atoms with Crippen LogP contribution in [0.15, 0.2) is 22.7 Å². The average Bonchev–Trinajstić information content (AvgIpc) is 1.98. The lowest BCUT2D eigenvalue weighted by molar-refractivity contribution is 0.194. The quantitative estimate of drug-likeness (QED) is 0.832. The lowest BCUT2D eigenvalue weighted by Gasteiger charge is -2.06. The summed E-state index contributed by atoms with van der Waals surface area (Å²) in [6.45, 7) is 1.64. The molecule has 66 valence electrons. The summed E-state index contributed by atoms with van der Waals surface area (Å²) in [6.07, 6.45) is -0.153. The number of hydrogen-bond donors (Lipinski definition) is 1. The van der Waals surface area contributed by atoms with Crippen LogP contribution in [0.2, 0.25) is 0 Å². The zero-order chi connectivity index (χ0) is 9.14. The van der Waals surface area contributed by atoms with Crippen LogP contribution in [0.1, 0.15) is 12.5 Å². The SMILES string of the molecule is CC(O)Cc1cccc(Br)c1F. The Labute approximate surface area is 79.4 Å². The van der Waals surface area contributed by atoms with Gasteiger partial charge in [-0.05, 0) is 34.5 Å². The molecule has 1 aromatic carbocycles. The third kappa shape index (κ3) is 2.29. The molecule has 1 nitrogen and oxygen atoms in total. The average molecular weight is 233 g/mol. The van der Waals surface area contributed by atoms with E-state index >= 15 is 0 Å². The van der Waals surface area contributed by atoms with Crippen LogP contribution in [0.4, 0.5) is 4.39 Å². The molecule has 1 rings (SSSR count). The molecule has 12 heavy (non-hydrogen) atoms. The molecule has 0 aromatic heterocycles. The minimum Gasteiger partial charge on any atom is -0.393 e. The second-order valence-corrected chi connectivity index (χ2v) is 3.62. The highest BCUT2D eigenvalue weighted by Crippen LogP contribution is 2.19. The van der Waals surface area contributed by atoms with Gasteiger partial charge in [0.25, 0.3) is 0 Å². The molecule has 1 aromatic rings. The van der Waals surface area contributed by atoms with Gasteiger partial charge in [-0.2, -0.15) is 0 Å². The van der Waals surface area contributed by atoms with Crippen molar-refractivity contribution in [1.82, 2.24) is 0 Å². The van der Waals surface area contributed by atoms with Crippen molar-refractivity contribution in [2.24, 2.45) is 0 Å². The van der Waals surface area contributed by atoms with E-state index in [1.807, 2.05) is 0 Å². The summed E-state index contributed by atoms with van der Waals surface area (Å²) in [4.78, 5) is 0. The Morgan fingerprint density at radius 3 is 2.83 bits per heavy atom. The number of benzene rings is 1. The standard InChI is InChI=1S/C9H10BrFO/c1-6(12)5-7-3-2-4-8(10)9(7)11/h2-4,6,12H,5H2,1H3. The van der Waals surface area contributed by atoms with E-state index < -0.39 is 6.10 Å². The summed E-state index contributed by atoms with van der Waals surface area (Å²) in [5, 5.41) is 9.04. The first-order chi connectivity index (χ1) is 5.61. The van der Waals surface area contributed by atoms with Crippen LogP contribution in [0.5, 0.6) is 0 Å². The first kappa shape index (κ1) is 9.68. The highest BCUT2D eigenvalue weighted by molar-refractivity contribution is 9.10. The highest BCUT2D eigenvalue weighted by atomic mass is 79.9. The predicted molar refractivity (Wildman–Crippen MR) is 49.5 cm³/mol. The Balaban J connectivity index is 2.92. The summed E-state index contributed by atoms with van der Waals surface area (Å²) in [6, 6.07) is 5.07. The van der Waals surface area contributed by atoms with Gasteiger partial charge in [0.2, 0.25) is 0 Å². The van der Waals surface area contributed by atoms with Crippen molar-refractivity contribution >= 4 is 15.9 Å². The largest absolute Gasteiger partial charge is 0.393 e. The van der Waals surface area contributed by atoms with Gasteiger partial charge in [-0.15, -0.1) is 0 Å². The third-order valence-corrected chi connectivity index (χ3v) is 2.16. The van der Waals surface area contributed by atoms with Gasteiger partial charge >= 0.3 is 0 Å². The van der Waals surface area contributed by atoms with Crippen LogP contribution in [0, 0.1) is 5.82 Å². The van der Waals surface area contributed by atoms with E-state index in [0.717, 1.165) is 0 Å². The van der Waals surface area contributed by atoms with Crippen molar-refractivity contribution in [1.29, 1.82) is 0 Å². The number of halogens is 2. The lowest BCUT2D eigenvalue weighted by atomic mass is 10.1. The van der Waals surface area contributed by atoms with E-state index in [4.69, 9.17) is 5.11 Å². The third-order valence-electron chi connectivity index (χ3n) is 1.55. The van der Waals surface area contributed by atoms with E-state index in [-0.39, 0.29) is 5.82 Å². The molecule has 0 aliphatic rings. The van der Waals surface area contributed by atoms with E-state index in [2.05, 4.69) is 15.9 Å². The molecule has 0 bridgehead atoms. The van der Waals surface area contributed by atoms with E-state index in [0.29, 0.717) is 16.5 Å². The van der Waals surface area contributed by atoms with Crippen molar-refractivity contribution in [2.45, 2.75) is 19.4 Å². The smallest absolute Gasteiger partial charge is 0.140 e. The molecule has 1 unspecified atom stereocenters. The van der Waals surface area contributed by atoms with E-state index in [1.165, 1.54) is 0 Å². The minimum absolute atomic E-state index is 0.279. The van der Waals surface area contributed by atoms with Crippen LogP contribution < -0.4 is 0 Å². The highest BCUT2D eigenvalue weighted by Gasteiger charge is 2.07. The zero-order valence-corrected chi connectivity index (χ0v) is 8.31. The van der Waals surface area contributed by atoms with Crippen LogP contribution in [0.3, 0.4) is 0 Å². The van der Waals surface area contributed by atoms with E-state index in [9.17, 15) is 4.39 Å². The summed E-state index contributed by atoms with van der Waals surface area (Å²) in [7, 11) is 0. The summed E-state index contributed by atoms with van der Waals surface area (Å²) in [5.74, 6) is -0.279. The normalized spacial score (nSPS) is 13.0. The maximum atomic E-state index is 13.2. The van der Waals surface area contributed by atoms with Crippen LogP contribution in [-0.4, -0.2) is 11.2 Å². The molecule has 0 spiro atoms. The Morgan fingerprint density at radius 1 is 1.58 bits per heavy atom. The van der Waals surface area contributed by atoms with Gasteiger partial charge < -0.3 is 5.11 Å². The first-order valence-corrected chi connectivity index (χ1v) is 4.51. The maximum absolute atomic E-state index is 13.2. The molecule has 0 radical (unpaired) electrons. The molecular weight excluding hydrogens is 223 g/mol. The molecule has 1 N–H and O–H groups in total. The van der Waals surface area contributed by atoms with Crippen molar-refractivity contribution < 1.29 is 9.50 Å². The maximum Gasteiger partial charge on any atom is 0.140 e. The summed E-state index contributed by atoms with van der Waals surface area (Å²) >= 11 is 3.08. The molecule has 3 heteroatoms. The van der Waals surface area contributed by atoms with Gasteiger partial charge in [0, 0.05) is 6.42 Å². The molecule has 0 aliphatic heterocycles. The Hall–Kier alpha value is -0.410. The fourth-order valence-electron chi connectivity index (χ4n) is 1.02. The number of aliphatic hydroxyl groups excluding tert-OH is 1. The van der Waals surface area contributed by atoms with Crippen molar-refractivity contribution in [2.75, 3.05) is 0 Å². The topological polar surface area (TPSA) is 20.2 Å². The van der Waals surface area contributed by atoms with E-state index in [1.54, 1.807) is 25.1 Å². The van der Waals surface area contributed by atoms with Crippen LogP contribution in [-0.2, 0) is 6.42 Å². The number of aliphatic hydroxyl groups is 1. The van der Waals surface area contributed by atoms with Crippen LogP contribution in [0.25, 0.3) is 0 Å². The Bertz CT molecular complexity index is 273. The molecule has 0 aliphatic carbocycles. The monoisotopic (exact) mass is 232 g/mol. The second-order valence-electron chi connectivity index (χ2n) is 2.77. The second kappa shape index (κ2) is 4.01. The van der Waals surface area contributed by atoms with Gasteiger partial charge in [-0.3, -0.25) is 0 Å². The predicted octanol–water partition coefficient (Wildman–Crippen LogP) is 2.51. The minimum atomic E-state index is -0.506. The van der Waals surface area contributed by atoms with Gasteiger partial charge in [-0.1, -0.05) is 12.1 Å². The van der Waals surface area contributed by atoms with Crippen molar-refractivity contribution in [3.63, 3.8) is 0 Å². The first-order valence-electron chi connectivity index (χ1n) is 3.72. The Kier molecular flexibility index (Phi) is 3.23. The fraction of sp³-hybridized carbons (Fsp3) is 0.333. The molecule has 0 heterocycles. The molecular formula is C9H10BrFO. The van der Waals surface area contributed by atoms with Crippen LogP contribution >= 0.6 is 15.9 Å². The summed E-state index contributed by atoms with van der Waals surface area (Å²) in [5.41, 5.74) is 0.541. The molecule has 0 saturated carbocycles. The molecule has 0 amide bonds. The van der Waals surface area contributed by atoms with Gasteiger partial charge in [0.1, 0.15) is 5.82 Å². The summed E-state index contributed by atoms with van der Waals surface area (Å²) < 4.78 is 13.6. The van der Waals surface area contributed by atoms with Gasteiger partial charge in [0.15, 0.2) is 0 Å². The Morgan fingerprint density at radius 2 is 2.25 bits per heavy atom. The van der Waals surface area contributed by atoms with Crippen molar-refractivity contribution in [3.8, 4) is 0 Å². The fourth-order valence-corrected chi connectivity index (χ4v) is 1.43. The lowest BCUT2D eigenvalue weighted by Crippen LogP contribution is -2.06. The zero-order valence-electron chi connectivity index (χ0n) is 6.72. The molecule has 0 fully saturated rings. The number of hydrogen-bond acceptors (Lipinski definition) is 1. The molecule has 1 atom stereocenters. The van der Waals surface area contributed by atoms with Gasteiger partial charge in [0.05, 0.1) is 10.6 Å².